The molecular formula is C15H26N2O3. The number of piperidine rings is 1. The maximum atomic E-state index is 12.5. The second kappa shape index (κ2) is 6.57. The van der Waals surface area contributed by atoms with E-state index in [1.54, 1.807) is 0 Å². The fourth-order valence-corrected chi connectivity index (χ4v) is 3.71. The molecule has 5 heteroatoms. The highest BCUT2D eigenvalue weighted by atomic mass is 16.4. The quantitative estimate of drug-likeness (QED) is 0.823. The van der Waals surface area contributed by atoms with Gasteiger partial charge in [0.25, 0.3) is 0 Å². The highest BCUT2D eigenvalue weighted by Gasteiger charge is 2.38. The fraction of sp³-hybridized carbons (Fsp3) is 0.867. The van der Waals surface area contributed by atoms with Gasteiger partial charge in [0.2, 0.25) is 5.91 Å². The zero-order chi connectivity index (χ0) is 14.6. The molecule has 0 aromatic carbocycles. The maximum Gasteiger partial charge on any atom is 0.303 e. The van der Waals surface area contributed by atoms with Crippen LogP contribution in [-0.4, -0.2) is 41.0 Å². The Morgan fingerprint density at radius 2 is 1.85 bits per heavy atom. The van der Waals surface area contributed by atoms with Gasteiger partial charge in [-0.15, -0.1) is 0 Å². The van der Waals surface area contributed by atoms with E-state index in [-0.39, 0.29) is 23.8 Å². The number of nitrogens with zero attached hydrogens (tertiary/aromatic N) is 1. The van der Waals surface area contributed by atoms with E-state index in [1.165, 1.54) is 0 Å². The standard InChI is InChI=1S/C15H26N2O3/c16-12-5-4-8-17(11-12)13(18)9-15(10-14(19)20)6-2-1-3-7-15/h12H,1-11,16H2,(H,19,20). The van der Waals surface area contributed by atoms with Gasteiger partial charge in [0.05, 0.1) is 6.42 Å². The topological polar surface area (TPSA) is 83.6 Å². The summed E-state index contributed by atoms with van der Waals surface area (Å²) in [5.74, 6) is -0.682. The van der Waals surface area contributed by atoms with Crippen molar-refractivity contribution in [2.45, 2.75) is 63.8 Å². The van der Waals surface area contributed by atoms with Gasteiger partial charge >= 0.3 is 5.97 Å². The van der Waals surface area contributed by atoms with Crippen molar-refractivity contribution in [2.75, 3.05) is 13.1 Å². The summed E-state index contributed by atoms with van der Waals surface area (Å²) in [5, 5.41) is 9.15. The molecule has 2 aliphatic rings. The molecule has 5 nitrogen and oxygen atoms in total. The van der Waals surface area contributed by atoms with Crippen molar-refractivity contribution < 1.29 is 14.7 Å². The molecule has 114 valence electrons. The Balaban J connectivity index is 1.99. The van der Waals surface area contributed by atoms with Crippen LogP contribution in [0.4, 0.5) is 0 Å². The minimum atomic E-state index is -0.782. The Bertz CT molecular complexity index is 364. The minimum absolute atomic E-state index is 0.0782. The van der Waals surface area contributed by atoms with Crippen molar-refractivity contribution in [2.24, 2.45) is 11.1 Å². The van der Waals surface area contributed by atoms with Crippen LogP contribution in [0.1, 0.15) is 57.8 Å². The van der Waals surface area contributed by atoms with Gasteiger partial charge in [-0.1, -0.05) is 19.3 Å². The first kappa shape index (κ1) is 15.3. The number of nitrogens with two attached hydrogens (primary N) is 1. The highest BCUT2D eigenvalue weighted by molar-refractivity contribution is 5.78. The third kappa shape index (κ3) is 3.95. The predicted octanol–water partition coefficient (Wildman–Crippen LogP) is 1.75. The van der Waals surface area contributed by atoms with Gasteiger partial charge in [0.15, 0.2) is 0 Å². The van der Waals surface area contributed by atoms with E-state index in [1.807, 2.05) is 4.90 Å². The SMILES string of the molecule is NC1CCCN(C(=O)CC2(CC(=O)O)CCCCC2)C1. The van der Waals surface area contributed by atoms with Gasteiger partial charge in [0.1, 0.15) is 0 Å². The van der Waals surface area contributed by atoms with Crippen LogP contribution in [0.15, 0.2) is 0 Å². The molecule has 3 N–H and O–H groups in total. The van der Waals surface area contributed by atoms with E-state index < -0.39 is 5.97 Å². The Hall–Kier alpha value is -1.10. The Labute approximate surface area is 120 Å². The second-order valence-electron chi connectivity index (χ2n) is 6.55. The molecule has 1 atom stereocenters. The number of amides is 1. The minimum Gasteiger partial charge on any atom is -0.481 e. The van der Waals surface area contributed by atoms with Crippen LogP contribution in [-0.2, 0) is 9.59 Å². The van der Waals surface area contributed by atoms with Crippen LogP contribution >= 0.6 is 0 Å². The number of carboxylic acid groups (broad SMARTS) is 1. The first-order valence-electron chi connectivity index (χ1n) is 7.76. The van der Waals surface area contributed by atoms with Gasteiger partial charge in [0, 0.05) is 25.6 Å². The molecule has 20 heavy (non-hydrogen) atoms. The highest BCUT2D eigenvalue weighted by Crippen LogP contribution is 2.42. The van der Waals surface area contributed by atoms with E-state index in [2.05, 4.69) is 0 Å². The lowest BCUT2D eigenvalue weighted by molar-refractivity contribution is -0.143. The van der Waals surface area contributed by atoms with Crippen LogP contribution in [0.25, 0.3) is 0 Å². The van der Waals surface area contributed by atoms with Crippen LogP contribution in [0.2, 0.25) is 0 Å². The molecule has 1 aliphatic heterocycles. The summed E-state index contributed by atoms with van der Waals surface area (Å²) in [6.07, 6.45) is 7.41. The first-order chi connectivity index (χ1) is 9.51. The molecule has 1 unspecified atom stereocenters. The summed E-state index contributed by atoms with van der Waals surface area (Å²) in [6, 6.07) is 0.0782. The summed E-state index contributed by atoms with van der Waals surface area (Å²) >= 11 is 0. The monoisotopic (exact) mass is 282 g/mol. The molecule has 1 amide bonds. The van der Waals surface area contributed by atoms with Crippen LogP contribution in [0, 0.1) is 5.41 Å². The van der Waals surface area contributed by atoms with Gasteiger partial charge in [-0.25, -0.2) is 0 Å². The number of rotatable bonds is 4. The third-order valence-electron chi connectivity index (χ3n) is 4.78. The van der Waals surface area contributed by atoms with Gasteiger partial charge in [-0.2, -0.15) is 0 Å². The number of aliphatic carboxylic acids is 1. The van der Waals surface area contributed by atoms with Crippen LogP contribution < -0.4 is 5.73 Å². The van der Waals surface area contributed by atoms with E-state index in [4.69, 9.17) is 10.8 Å². The molecule has 1 aliphatic carbocycles. The molecule has 0 aromatic rings. The predicted molar refractivity (Wildman–Crippen MR) is 76.2 cm³/mol. The largest absolute Gasteiger partial charge is 0.481 e. The number of likely N-dealkylation sites (tertiary alicyclic amines) is 1. The van der Waals surface area contributed by atoms with Gasteiger partial charge in [-0.3, -0.25) is 9.59 Å². The van der Waals surface area contributed by atoms with Gasteiger partial charge in [-0.05, 0) is 31.1 Å². The molecule has 1 saturated carbocycles. The molecule has 0 radical (unpaired) electrons. The second-order valence-corrected chi connectivity index (χ2v) is 6.55. The molecule has 0 spiro atoms. The van der Waals surface area contributed by atoms with E-state index in [0.717, 1.165) is 51.5 Å². The molecule has 2 fully saturated rings. The normalized spacial score (nSPS) is 26.2. The number of carbonyl (C=O) groups excluding carboxylic acids is 1. The Morgan fingerprint density at radius 1 is 1.15 bits per heavy atom. The molecule has 2 rings (SSSR count). The van der Waals surface area contributed by atoms with Gasteiger partial charge < -0.3 is 15.7 Å². The lowest BCUT2D eigenvalue weighted by Crippen LogP contribution is -2.47. The number of hydrogen-bond donors (Lipinski definition) is 2. The van der Waals surface area contributed by atoms with E-state index >= 15 is 0 Å². The van der Waals surface area contributed by atoms with Crippen molar-refractivity contribution in [1.29, 1.82) is 0 Å². The average molecular weight is 282 g/mol. The zero-order valence-electron chi connectivity index (χ0n) is 12.1. The fourth-order valence-electron chi connectivity index (χ4n) is 3.71. The molecule has 1 saturated heterocycles. The maximum absolute atomic E-state index is 12.5. The van der Waals surface area contributed by atoms with Crippen molar-refractivity contribution >= 4 is 11.9 Å². The third-order valence-corrected chi connectivity index (χ3v) is 4.78. The van der Waals surface area contributed by atoms with Crippen molar-refractivity contribution in [3.05, 3.63) is 0 Å². The van der Waals surface area contributed by atoms with E-state index in [9.17, 15) is 9.59 Å². The summed E-state index contributed by atoms with van der Waals surface area (Å²) in [6.45, 7) is 1.40. The first-order valence-corrected chi connectivity index (χ1v) is 7.76. The summed E-state index contributed by atoms with van der Waals surface area (Å²) in [5.41, 5.74) is 5.61. The number of hydrogen-bond acceptors (Lipinski definition) is 3. The molecular weight excluding hydrogens is 256 g/mol. The Kier molecular flexibility index (Phi) is 5.02. The smallest absolute Gasteiger partial charge is 0.303 e. The lowest BCUT2D eigenvalue weighted by Gasteiger charge is -2.38. The molecule has 0 aromatic heterocycles. The van der Waals surface area contributed by atoms with Crippen LogP contribution in [0.3, 0.4) is 0 Å². The average Bonchev–Trinajstić information content (AvgIpc) is 2.38. The molecule has 1 heterocycles. The molecule has 0 bridgehead atoms. The van der Waals surface area contributed by atoms with Crippen molar-refractivity contribution in [3.8, 4) is 0 Å². The number of carboxylic acids is 1. The van der Waals surface area contributed by atoms with Crippen molar-refractivity contribution in [1.82, 2.24) is 4.90 Å². The Morgan fingerprint density at radius 3 is 2.45 bits per heavy atom. The summed E-state index contributed by atoms with van der Waals surface area (Å²) in [4.78, 5) is 25.5. The summed E-state index contributed by atoms with van der Waals surface area (Å²) in [7, 11) is 0. The van der Waals surface area contributed by atoms with Crippen molar-refractivity contribution in [3.63, 3.8) is 0 Å². The van der Waals surface area contributed by atoms with Crippen LogP contribution in [0.5, 0.6) is 0 Å². The summed E-state index contributed by atoms with van der Waals surface area (Å²) < 4.78 is 0. The zero-order valence-corrected chi connectivity index (χ0v) is 12.1. The lowest BCUT2D eigenvalue weighted by atomic mass is 9.69. The number of carbonyl (C=O) groups is 2. The van der Waals surface area contributed by atoms with E-state index in [0.29, 0.717) is 13.0 Å².